The number of rotatable bonds is 4. The smallest absolute Gasteiger partial charge is 0.274 e. The Bertz CT molecular complexity index is 1390. The highest BCUT2D eigenvalue weighted by Crippen LogP contribution is 2.52. The van der Waals surface area contributed by atoms with Gasteiger partial charge < -0.3 is 4.90 Å². The molecule has 2 heterocycles. The van der Waals surface area contributed by atoms with Crippen LogP contribution in [0.3, 0.4) is 0 Å². The van der Waals surface area contributed by atoms with Crippen LogP contribution < -0.4 is 9.80 Å². The average Bonchev–Trinajstić information content (AvgIpc) is 3.18. The second-order valence-electron chi connectivity index (χ2n) is 8.19. The van der Waals surface area contributed by atoms with Gasteiger partial charge in [0.05, 0.1) is 12.2 Å². The predicted octanol–water partition coefficient (Wildman–Crippen LogP) is 3.55. The van der Waals surface area contributed by atoms with Gasteiger partial charge in [-0.05, 0) is 47.9 Å². The molecular weight excluding hydrogens is 443 g/mol. The summed E-state index contributed by atoms with van der Waals surface area (Å²) in [5.41, 5.74) is 2.60. The Hall–Kier alpha value is -3.52. The minimum Gasteiger partial charge on any atom is -0.304 e. The van der Waals surface area contributed by atoms with Gasteiger partial charge in [-0.3, -0.25) is 14.5 Å². The maximum absolute atomic E-state index is 14.0. The summed E-state index contributed by atoms with van der Waals surface area (Å²) in [4.78, 5) is 27.5. The first-order valence-electron chi connectivity index (χ1n) is 10.6. The second-order valence-corrected chi connectivity index (χ2v) is 10.3. The Morgan fingerprint density at radius 2 is 1.67 bits per heavy atom. The normalized spacial score (nSPS) is 21.2. The molecule has 0 bridgehead atoms. The molecule has 33 heavy (non-hydrogen) atoms. The van der Waals surface area contributed by atoms with E-state index in [1.807, 2.05) is 13.0 Å². The lowest BCUT2D eigenvalue weighted by Crippen LogP contribution is -2.54. The third kappa shape index (κ3) is 3.01. The van der Waals surface area contributed by atoms with Crippen molar-refractivity contribution in [3.63, 3.8) is 0 Å². The number of hydrogen-bond donors (Lipinski definition) is 0. The summed E-state index contributed by atoms with van der Waals surface area (Å²) in [6.45, 7) is 2.00. The number of sulfone groups is 1. The molecule has 3 aromatic carbocycles. The van der Waals surface area contributed by atoms with Gasteiger partial charge in [-0.1, -0.05) is 49.4 Å². The molecule has 1 saturated heterocycles. The zero-order valence-corrected chi connectivity index (χ0v) is 18.7. The van der Waals surface area contributed by atoms with Gasteiger partial charge in [0.25, 0.3) is 10.8 Å². The number of nitrogens with zero attached hydrogens (tertiary/aromatic N) is 2. The molecule has 2 amide bonds. The monoisotopic (exact) mass is 464 g/mol. The average molecular weight is 465 g/mol. The van der Waals surface area contributed by atoms with Crippen LogP contribution in [0.15, 0.2) is 72.8 Å². The number of carbonyl (C=O) groups is 2. The van der Waals surface area contributed by atoms with Crippen LogP contribution in [0.5, 0.6) is 0 Å². The van der Waals surface area contributed by atoms with Gasteiger partial charge in [-0.25, -0.2) is 12.8 Å². The minimum atomic E-state index is -4.22. The number of anilines is 2. The molecule has 0 aromatic heterocycles. The number of para-hydroxylation sites is 1. The topological polar surface area (TPSA) is 74.8 Å². The zero-order valence-electron chi connectivity index (χ0n) is 17.9. The highest BCUT2D eigenvalue weighted by molar-refractivity contribution is 7.94. The lowest BCUT2D eigenvalue weighted by Gasteiger charge is -2.33. The molecule has 3 aromatic rings. The van der Waals surface area contributed by atoms with Gasteiger partial charge in [0.1, 0.15) is 11.6 Å². The summed E-state index contributed by atoms with van der Waals surface area (Å²) in [6, 6.07) is 19.3. The van der Waals surface area contributed by atoms with E-state index in [1.54, 1.807) is 54.6 Å². The second kappa shape index (κ2) is 7.52. The largest absolute Gasteiger partial charge is 0.304 e. The molecule has 2 aliphatic heterocycles. The van der Waals surface area contributed by atoms with Crippen LogP contribution in [-0.2, 0) is 37.3 Å². The van der Waals surface area contributed by atoms with Crippen LogP contribution in [0, 0.1) is 5.82 Å². The van der Waals surface area contributed by atoms with Crippen LogP contribution in [0.1, 0.15) is 23.6 Å². The number of carbonyl (C=O) groups excluding carboxylic acids is 2. The van der Waals surface area contributed by atoms with E-state index in [0.29, 0.717) is 23.4 Å². The maximum Gasteiger partial charge on any atom is 0.274 e. The van der Waals surface area contributed by atoms with Crippen molar-refractivity contribution in [3.8, 4) is 0 Å². The van der Waals surface area contributed by atoms with Crippen molar-refractivity contribution in [2.75, 3.05) is 15.6 Å². The van der Waals surface area contributed by atoms with Crippen LogP contribution in [0.25, 0.3) is 0 Å². The number of benzene rings is 3. The molecule has 0 radical (unpaired) electrons. The van der Waals surface area contributed by atoms with Gasteiger partial charge in [-0.15, -0.1) is 0 Å². The van der Waals surface area contributed by atoms with Crippen molar-refractivity contribution in [1.82, 2.24) is 0 Å². The molecule has 168 valence electrons. The van der Waals surface area contributed by atoms with Crippen molar-refractivity contribution >= 4 is 33.0 Å². The lowest BCUT2D eigenvalue weighted by atomic mass is 10.0. The number of hydrogen-bond acceptors (Lipinski definition) is 4. The van der Waals surface area contributed by atoms with Crippen molar-refractivity contribution in [2.24, 2.45) is 0 Å². The minimum absolute atomic E-state index is 0.0461. The number of amides is 2. The quantitative estimate of drug-likeness (QED) is 0.592. The van der Waals surface area contributed by atoms with Gasteiger partial charge in [0.15, 0.2) is 9.84 Å². The molecule has 0 unspecified atom stereocenters. The third-order valence-corrected chi connectivity index (χ3v) is 8.36. The molecule has 5 rings (SSSR count). The van der Waals surface area contributed by atoms with E-state index in [1.165, 1.54) is 17.0 Å². The molecule has 8 heteroatoms. The molecule has 0 saturated carbocycles. The number of fused-ring (bicyclic) bond motifs is 2. The fourth-order valence-electron chi connectivity index (χ4n) is 4.74. The molecule has 1 spiro atoms. The Kier molecular flexibility index (Phi) is 4.86. The molecule has 2 aliphatic rings. The van der Waals surface area contributed by atoms with E-state index >= 15 is 0 Å². The van der Waals surface area contributed by atoms with Crippen molar-refractivity contribution < 1.29 is 22.4 Å². The van der Waals surface area contributed by atoms with E-state index in [4.69, 9.17) is 0 Å². The van der Waals surface area contributed by atoms with E-state index < -0.39 is 38.1 Å². The van der Waals surface area contributed by atoms with Crippen LogP contribution in [-0.4, -0.2) is 26.0 Å². The summed E-state index contributed by atoms with van der Waals surface area (Å²) < 4.78 is 40.6. The molecule has 1 atom stereocenters. The first-order valence-corrected chi connectivity index (χ1v) is 12.2. The molecule has 1 fully saturated rings. The standard InChI is InChI=1S/C25H21FN2O4S/c1-2-17-6-5-7-20(14-17)28-23(29)16-33(31,32)25(28)21-8-3-4-9-22(21)27(24(25)30)15-18-10-12-19(26)13-11-18/h3-14H,2,15-16H2,1H3/t25-/m0/s1. The van der Waals surface area contributed by atoms with Gasteiger partial charge in [-0.2, -0.15) is 0 Å². The summed E-state index contributed by atoms with van der Waals surface area (Å²) in [6.07, 6.45) is 0.691. The molecule has 0 N–H and O–H groups in total. The van der Waals surface area contributed by atoms with E-state index in [9.17, 15) is 22.4 Å². The highest BCUT2D eigenvalue weighted by Gasteiger charge is 2.69. The maximum atomic E-state index is 14.0. The van der Waals surface area contributed by atoms with Crippen LogP contribution >= 0.6 is 0 Å². The first kappa shape index (κ1) is 21.3. The zero-order chi connectivity index (χ0) is 23.4. The van der Waals surface area contributed by atoms with E-state index in [-0.39, 0.29) is 12.1 Å². The lowest BCUT2D eigenvalue weighted by molar-refractivity contribution is -0.123. The number of halogens is 1. The summed E-state index contributed by atoms with van der Waals surface area (Å²) in [7, 11) is -4.22. The Morgan fingerprint density at radius 1 is 0.939 bits per heavy atom. The summed E-state index contributed by atoms with van der Waals surface area (Å²) >= 11 is 0. The highest BCUT2D eigenvalue weighted by atomic mass is 32.2. The SMILES string of the molecule is CCc1cccc(N2C(=O)CS(=O)(=O)[C@@]23C(=O)N(Cc2ccc(F)cc2)c2ccccc23)c1. The Labute approximate surface area is 191 Å². The van der Waals surface area contributed by atoms with Gasteiger partial charge in [0, 0.05) is 11.3 Å². The van der Waals surface area contributed by atoms with E-state index in [0.717, 1.165) is 10.5 Å². The van der Waals surface area contributed by atoms with Crippen molar-refractivity contribution in [2.45, 2.75) is 24.8 Å². The van der Waals surface area contributed by atoms with Crippen LogP contribution in [0.2, 0.25) is 0 Å². The summed E-state index contributed by atoms with van der Waals surface area (Å²) in [5, 5.41) is 0. The molecule has 6 nitrogen and oxygen atoms in total. The number of aryl methyl sites for hydroxylation is 1. The molecular formula is C25H21FN2O4S. The third-order valence-electron chi connectivity index (χ3n) is 6.25. The van der Waals surface area contributed by atoms with Gasteiger partial charge >= 0.3 is 0 Å². The van der Waals surface area contributed by atoms with Crippen molar-refractivity contribution in [1.29, 1.82) is 0 Å². The summed E-state index contributed by atoms with van der Waals surface area (Å²) in [5.74, 6) is -2.52. The van der Waals surface area contributed by atoms with Crippen molar-refractivity contribution in [3.05, 3.63) is 95.3 Å². The fourth-order valence-corrected chi connectivity index (χ4v) is 6.77. The Balaban J connectivity index is 1.72. The fraction of sp³-hybridized carbons (Fsp3) is 0.200. The van der Waals surface area contributed by atoms with Gasteiger partial charge in [0.2, 0.25) is 5.91 Å². The van der Waals surface area contributed by atoms with Crippen LogP contribution in [0.4, 0.5) is 15.8 Å². The Morgan fingerprint density at radius 3 is 2.39 bits per heavy atom. The van der Waals surface area contributed by atoms with E-state index in [2.05, 4.69) is 0 Å². The first-order chi connectivity index (χ1) is 15.8. The molecule has 0 aliphatic carbocycles. The predicted molar refractivity (Wildman–Crippen MR) is 123 cm³/mol.